The van der Waals surface area contributed by atoms with Crippen LogP contribution in [0.25, 0.3) is 0 Å². The van der Waals surface area contributed by atoms with Gasteiger partial charge in [0.15, 0.2) is 5.11 Å². The van der Waals surface area contributed by atoms with Gasteiger partial charge in [-0.1, -0.05) is 66.2 Å². The molecule has 0 aliphatic heterocycles. The number of thiocarbonyl (C=S) groups is 1. The van der Waals surface area contributed by atoms with E-state index in [0.29, 0.717) is 5.11 Å². The van der Waals surface area contributed by atoms with Gasteiger partial charge >= 0.3 is 0 Å². The quantitative estimate of drug-likeness (QED) is 0.626. The molecule has 0 aromatic heterocycles. The highest BCUT2D eigenvalue weighted by molar-refractivity contribution is 7.80. The van der Waals surface area contributed by atoms with E-state index in [-0.39, 0.29) is 0 Å². The first-order valence-corrected chi connectivity index (χ1v) is 8.38. The average Bonchev–Trinajstić information content (AvgIpc) is 2.60. The summed E-state index contributed by atoms with van der Waals surface area (Å²) in [7, 11) is 0. The Labute approximate surface area is 148 Å². The van der Waals surface area contributed by atoms with Crippen LogP contribution in [0.1, 0.15) is 16.7 Å². The predicted molar refractivity (Wildman–Crippen MR) is 107 cm³/mol. The molecule has 0 radical (unpaired) electrons. The van der Waals surface area contributed by atoms with Crippen molar-refractivity contribution in [2.24, 2.45) is 0 Å². The van der Waals surface area contributed by atoms with E-state index in [9.17, 15) is 0 Å². The standard InChI is InChI=1S/C21H20N2S/c1-16-11-13-19(14-12-16)22-21(24)23-20-10-6-5-9-18(20)15-17-7-3-2-4-8-17/h2-14H,15H2,1H3,(H2,22,23,24). The van der Waals surface area contributed by atoms with Crippen LogP contribution in [0.5, 0.6) is 0 Å². The Kier molecular flexibility index (Phi) is 5.24. The first kappa shape index (κ1) is 16.2. The molecular weight excluding hydrogens is 312 g/mol. The Morgan fingerprint density at radius 3 is 2.21 bits per heavy atom. The maximum Gasteiger partial charge on any atom is 0.175 e. The van der Waals surface area contributed by atoms with Crippen LogP contribution < -0.4 is 10.6 Å². The molecule has 0 fully saturated rings. The molecule has 0 spiro atoms. The lowest BCUT2D eigenvalue weighted by Gasteiger charge is -2.14. The summed E-state index contributed by atoms with van der Waals surface area (Å²) >= 11 is 5.45. The van der Waals surface area contributed by atoms with Crippen molar-refractivity contribution in [3.63, 3.8) is 0 Å². The van der Waals surface area contributed by atoms with Crippen LogP contribution in [0.2, 0.25) is 0 Å². The van der Waals surface area contributed by atoms with Crippen LogP contribution >= 0.6 is 12.2 Å². The summed E-state index contributed by atoms with van der Waals surface area (Å²) in [5, 5.41) is 7.14. The zero-order chi connectivity index (χ0) is 16.8. The average molecular weight is 332 g/mol. The van der Waals surface area contributed by atoms with E-state index in [4.69, 9.17) is 12.2 Å². The van der Waals surface area contributed by atoms with Gasteiger partial charge < -0.3 is 10.6 Å². The van der Waals surface area contributed by atoms with Crippen LogP contribution in [0.15, 0.2) is 78.9 Å². The minimum atomic E-state index is 0.597. The van der Waals surface area contributed by atoms with Crippen LogP contribution in [-0.4, -0.2) is 5.11 Å². The van der Waals surface area contributed by atoms with Crippen molar-refractivity contribution in [3.05, 3.63) is 95.6 Å². The summed E-state index contributed by atoms with van der Waals surface area (Å²) in [4.78, 5) is 0. The number of hydrogen-bond acceptors (Lipinski definition) is 1. The van der Waals surface area contributed by atoms with Gasteiger partial charge in [-0.05, 0) is 54.9 Å². The predicted octanol–water partition coefficient (Wildman–Crippen LogP) is 5.39. The normalized spacial score (nSPS) is 10.2. The van der Waals surface area contributed by atoms with Gasteiger partial charge in [-0.3, -0.25) is 0 Å². The first-order valence-electron chi connectivity index (χ1n) is 7.97. The zero-order valence-electron chi connectivity index (χ0n) is 13.6. The third-order valence-corrected chi connectivity index (χ3v) is 4.02. The molecule has 0 heterocycles. The van der Waals surface area contributed by atoms with Crippen LogP contribution in [0.4, 0.5) is 11.4 Å². The minimum absolute atomic E-state index is 0.597. The second kappa shape index (κ2) is 7.75. The number of anilines is 2. The summed E-state index contributed by atoms with van der Waals surface area (Å²) in [5.41, 5.74) is 5.75. The molecule has 3 aromatic rings. The molecule has 3 aromatic carbocycles. The van der Waals surface area contributed by atoms with Crippen molar-refractivity contribution in [1.29, 1.82) is 0 Å². The zero-order valence-corrected chi connectivity index (χ0v) is 14.4. The maximum absolute atomic E-state index is 5.45. The Balaban J connectivity index is 1.70. The topological polar surface area (TPSA) is 24.1 Å². The fourth-order valence-corrected chi connectivity index (χ4v) is 2.76. The van der Waals surface area contributed by atoms with Crippen molar-refractivity contribution >= 4 is 28.7 Å². The van der Waals surface area contributed by atoms with Crippen molar-refractivity contribution in [2.45, 2.75) is 13.3 Å². The van der Waals surface area contributed by atoms with Gasteiger partial charge in [-0.15, -0.1) is 0 Å². The molecule has 0 saturated heterocycles. The molecular formula is C21H20N2S. The molecule has 2 nitrogen and oxygen atoms in total. The third kappa shape index (κ3) is 4.43. The highest BCUT2D eigenvalue weighted by Gasteiger charge is 2.05. The van der Waals surface area contributed by atoms with Crippen LogP contribution in [-0.2, 0) is 6.42 Å². The second-order valence-electron chi connectivity index (χ2n) is 5.76. The van der Waals surface area contributed by atoms with E-state index in [2.05, 4.69) is 72.2 Å². The molecule has 0 saturated carbocycles. The highest BCUT2D eigenvalue weighted by atomic mass is 32.1. The number of hydrogen-bond donors (Lipinski definition) is 2. The third-order valence-electron chi connectivity index (χ3n) is 3.81. The molecule has 0 bridgehead atoms. The number of aryl methyl sites for hydroxylation is 1. The molecule has 0 unspecified atom stereocenters. The van der Waals surface area contributed by atoms with Gasteiger partial charge in [0, 0.05) is 11.4 Å². The molecule has 24 heavy (non-hydrogen) atoms. The summed E-state index contributed by atoms with van der Waals surface area (Å²) in [6.45, 7) is 2.07. The highest BCUT2D eigenvalue weighted by Crippen LogP contribution is 2.19. The van der Waals surface area contributed by atoms with E-state index in [1.165, 1.54) is 16.7 Å². The second-order valence-corrected chi connectivity index (χ2v) is 6.17. The number of rotatable bonds is 4. The SMILES string of the molecule is Cc1ccc(NC(=S)Nc2ccccc2Cc2ccccc2)cc1. The lowest BCUT2D eigenvalue weighted by atomic mass is 10.0. The van der Waals surface area contributed by atoms with Gasteiger partial charge in [0.05, 0.1) is 0 Å². The van der Waals surface area contributed by atoms with Gasteiger partial charge in [-0.2, -0.15) is 0 Å². The fourth-order valence-electron chi connectivity index (χ4n) is 2.53. The summed E-state index contributed by atoms with van der Waals surface area (Å²) in [6.07, 6.45) is 0.872. The first-order chi connectivity index (χ1) is 11.7. The van der Waals surface area contributed by atoms with E-state index >= 15 is 0 Å². The largest absolute Gasteiger partial charge is 0.332 e. The number of nitrogens with one attached hydrogen (secondary N) is 2. The van der Waals surface area contributed by atoms with Gasteiger partial charge in [0.2, 0.25) is 0 Å². The summed E-state index contributed by atoms with van der Waals surface area (Å²) < 4.78 is 0. The van der Waals surface area contributed by atoms with Gasteiger partial charge in [0.25, 0.3) is 0 Å². The molecule has 120 valence electrons. The Hall–Kier alpha value is -2.65. The molecule has 0 aliphatic rings. The van der Waals surface area contributed by atoms with Crippen molar-refractivity contribution < 1.29 is 0 Å². The van der Waals surface area contributed by atoms with Crippen LogP contribution in [0.3, 0.4) is 0 Å². The Morgan fingerprint density at radius 2 is 1.46 bits per heavy atom. The van der Waals surface area contributed by atoms with E-state index in [0.717, 1.165) is 17.8 Å². The molecule has 0 atom stereocenters. The lowest BCUT2D eigenvalue weighted by molar-refractivity contribution is 1.19. The van der Waals surface area contributed by atoms with Crippen molar-refractivity contribution in [2.75, 3.05) is 10.6 Å². The molecule has 0 aliphatic carbocycles. The molecule has 3 rings (SSSR count). The molecule has 0 amide bonds. The van der Waals surface area contributed by atoms with E-state index in [1.807, 2.05) is 24.3 Å². The number of para-hydroxylation sites is 1. The van der Waals surface area contributed by atoms with E-state index in [1.54, 1.807) is 0 Å². The monoisotopic (exact) mass is 332 g/mol. The van der Waals surface area contributed by atoms with Crippen LogP contribution in [0, 0.1) is 6.92 Å². The molecule has 3 heteroatoms. The summed E-state index contributed by atoms with van der Waals surface area (Å²) in [6, 6.07) is 26.9. The van der Waals surface area contributed by atoms with Crippen molar-refractivity contribution in [1.82, 2.24) is 0 Å². The van der Waals surface area contributed by atoms with Crippen molar-refractivity contribution in [3.8, 4) is 0 Å². The maximum atomic E-state index is 5.45. The Bertz CT molecular complexity index is 811. The molecule has 2 N–H and O–H groups in total. The smallest absolute Gasteiger partial charge is 0.175 e. The van der Waals surface area contributed by atoms with E-state index < -0.39 is 0 Å². The summed E-state index contributed by atoms with van der Waals surface area (Å²) in [5.74, 6) is 0. The van der Waals surface area contributed by atoms with Gasteiger partial charge in [-0.25, -0.2) is 0 Å². The minimum Gasteiger partial charge on any atom is -0.332 e. The Morgan fingerprint density at radius 1 is 0.792 bits per heavy atom. The fraction of sp³-hybridized carbons (Fsp3) is 0.0952. The number of benzene rings is 3. The van der Waals surface area contributed by atoms with Gasteiger partial charge in [0.1, 0.15) is 0 Å². The lowest BCUT2D eigenvalue weighted by Crippen LogP contribution is -2.19.